The van der Waals surface area contributed by atoms with Crippen molar-refractivity contribution in [2.45, 2.75) is 13.0 Å². The molecule has 0 aromatic heterocycles. The first-order valence-electron chi connectivity index (χ1n) is 6.47. The van der Waals surface area contributed by atoms with E-state index in [1.807, 2.05) is 25.9 Å². The number of nitrogens with one attached hydrogen (secondary N) is 2. The van der Waals surface area contributed by atoms with Crippen molar-refractivity contribution < 1.29 is 19.4 Å². The monoisotopic (exact) mass is 295 g/mol. The van der Waals surface area contributed by atoms with Crippen LogP contribution in [0.5, 0.6) is 5.75 Å². The van der Waals surface area contributed by atoms with Crippen molar-refractivity contribution in [1.29, 1.82) is 0 Å². The maximum absolute atomic E-state index is 11.8. The van der Waals surface area contributed by atoms with Gasteiger partial charge in [0.1, 0.15) is 11.3 Å². The number of carbonyl (C=O) groups is 2. The summed E-state index contributed by atoms with van der Waals surface area (Å²) in [5, 5.41) is 14.4. The lowest BCUT2D eigenvalue weighted by atomic mass is 10.2. The summed E-state index contributed by atoms with van der Waals surface area (Å²) in [4.78, 5) is 24.7. The van der Waals surface area contributed by atoms with Gasteiger partial charge in [0.2, 0.25) is 0 Å². The van der Waals surface area contributed by atoms with Crippen LogP contribution in [0.2, 0.25) is 0 Å². The van der Waals surface area contributed by atoms with Crippen LogP contribution in [0.1, 0.15) is 17.3 Å². The molecule has 0 saturated carbocycles. The second kappa shape index (κ2) is 7.49. The Kier molecular flexibility index (Phi) is 5.98. The SMILES string of the molecule is COc1cc(NC(=O)NCC(C)N(C)C)ccc1C(=O)O. The minimum atomic E-state index is -1.08. The van der Waals surface area contributed by atoms with Crippen LogP contribution in [0.3, 0.4) is 0 Å². The van der Waals surface area contributed by atoms with Gasteiger partial charge in [0.25, 0.3) is 0 Å². The first-order valence-corrected chi connectivity index (χ1v) is 6.47. The molecule has 0 spiro atoms. The van der Waals surface area contributed by atoms with Gasteiger partial charge in [0.05, 0.1) is 7.11 Å². The van der Waals surface area contributed by atoms with Gasteiger partial charge < -0.3 is 25.4 Å². The summed E-state index contributed by atoms with van der Waals surface area (Å²) in [7, 11) is 5.24. The summed E-state index contributed by atoms with van der Waals surface area (Å²) in [6, 6.07) is 4.23. The Morgan fingerprint density at radius 3 is 2.57 bits per heavy atom. The van der Waals surface area contributed by atoms with E-state index in [-0.39, 0.29) is 23.4 Å². The molecule has 7 nitrogen and oxygen atoms in total. The number of carboxylic acid groups (broad SMARTS) is 1. The first-order chi connectivity index (χ1) is 9.85. The number of nitrogens with zero attached hydrogens (tertiary/aromatic N) is 1. The molecule has 1 rings (SSSR count). The lowest BCUT2D eigenvalue weighted by Gasteiger charge is -2.20. The van der Waals surface area contributed by atoms with Crippen molar-refractivity contribution in [3.8, 4) is 5.75 Å². The number of methoxy groups -OCH3 is 1. The predicted molar refractivity (Wildman–Crippen MR) is 80.1 cm³/mol. The largest absolute Gasteiger partial charge is 0.496 e. The molecular weight excluding hydrogens is 274 g/mol. The second-order valence-corrected chi connectivity index (χ2v) is 4.87. The highest BCUT2D eigenvalue weighted by Crippen LogP contribution is 2.23. The van der Waals surface area contributed by atoms with Crippen LogP contribution in [-0.4, -0.2) is 55.8 Å². The lowest BCUT2D eigenvalue weighted by Crippen LogP contribution is -2.40. The molecule has 3 N–H and O–H groups in total. The van der Waals surface area contributed by atoms with Crippen LogP contribution in [0.25, 0.3) is 0 Å². The fourth-order valence-corrected chi connectivity index (χ4v) is 1.54. The van der Waals surface area contributed by atoms with Crippen molar-refractivity contribution in [3.05, 3.63) is 23.8 Å². The Labute approximate surface area is 123 Å². The second-order valence-electron chi connectivity index (χ2n) is 4.87. The van der Waals surface area contributed by atoms with Gasteiger partial charge in [-0.25, -0.2) is 9.59 Å². The van der Waals surface area contributed by atoms with Crippen molar-refractivity contribution in [2.24, 2.45) is 0 Å². The minimum Gasteiger partial charge on any atom is -0.496 e. The van der Waals surface area contributed by atoms with E-state index in [0.29, 0.717) is 12.2 Å². The van der Waals surface area contributed by atoms with Crippen LogP contribution in [0.15, 0.2) is 18.2 Å². The van der Waals surface area contributed by atoms with Crippen LogP contribution in [0.4, 0.5) is 10.5 Å². The Morgan fingerprint density at radius 2 is 2.05 bits per heavy atom. The number of aromatic carboxylic acids is 1. The van der Waals surface area contributed by atoms with Crippen LogP contribution in [-0.2, 0) is 0 Å². The molecule has 0 heterocycles. The molecule has 0 saturated heterocycles. The van der Waals surface area contributed by atoms with Gasteiger partial charge in [-0.15, -0.1) is 0 Å². The van der Waals surface area contributed by atoms with E-state index in [2.05, 4.69) is 10.6 Å². The number of benzene rings is 1. The number of hydrogen-bond acceptors (Lipinski definition) is 4. The maximum Gasteiger partial charge on any atom is 0.339 e. The van der Waals surface area contributed by atoms with Gasteiger partial charge in [0.15, 0.2) is 0 Å². The smallest absolute Gasteiger partial charge is 0.339 e. The molecule has 0 aliphatic rings. The van der Waals surface area contributed by atoms with E-state index in [9.17, 15) is 9.59 Å². The number of urea groups is 1. The van der Waals surface area contributed by atoms with Crippen molar-refractivity contribution in [3.63, 3.8) is 0 Å². The summed E-state index contributed by atoms with van der Waals surface area (Å²) in [6.07, 6.45) is 0. The molecule has 0 radical (unpaired) electrons. The average Bonchev–Trinajstić information content (AvgIpc) is 2.44. The number of rotatable bonds is 6. The highest BCUT2D eigenvalue weighted by atomic mass is 16.5. The number of likely N-dealkylation sites (N-methyl/N-ethyl adjacent to an activating group) is 1. The quantitative estimate of drug-likeness (QED) is 0.739. The Morgan fingerprint density at radius 1 is 1.38 bits per heavy atom. The maximum atomic E-state index is 11.8. The molecule has 0 aliphatic carbocycles. The molecule has 0 fully saturated rings. The van der Waals surface area contributed by atoms with Crippen molar-refractivity contribution in [2.75, 3.05) is 33.1 Å². The van der Waals surface area contributed by atoms with Gasteiger partial charge in [0, 0.05) is 24.3 Å². The summed E-state index contributed by atoms with van der Waals surface area (Å²) in [5.41, 5.74) is 0.511. The molecule has 1 atom stereocenters. The summed E-state index contributed by atoms with van der Waals surface area (Å²) >= 11 is 0. The molecular formula is C14H21N3O4. The van der Waals surface area contributed by atoms with Gasteiger partial charge >= 0.3 is 12.0 Å². The number of carboxylic acids is 1. The van der Waals surface area contributed by atoms with Crippen LogP contribution in [0, 0.1) is 0 Å². The summed E-state index contributed by atoms with van der Waals surface area (Å²) in [6.45, 7) is 2.49. The van der Waals surface area contributed by atoms with Gasteiger partial charge in [-0.1, -0.05) is 0 Å². The zero-order valence-corrected chi connectivity index (χ0v) is 12.6. The third kappa shape index (κ3) is 4.96. The topological polar surface area (TPSA) is 90.9 Å². The number of hydrogen-bond donors (Lipinski definition) is 3. The standard InChI is InChI=1S/C14H21N3O4/c1-9(17(2)3)8-15-14(20)16-10-5-6-11(13(18)19)12(7-10)21-4/h5-7,9H,8H2,1-4H3,(H,18,19)(H2,15,16,20). The minimum absolute atomic E-state index is 0.0460. The zero-order valence-electron chi connectivity index (χ0n) is 12.6. The molecule has 21 heavy (non-hydrogen) atoms. The van der Waals surface area contributed by atoms with Crippen molar-refractivity contribution in [1.82, 2.24) is 10.2 Å². The van der Waals surface area contributed by atoms with Crippen molar-refractivity contribution >= 4 is 17.7 Å². The normalized spacial score (nSPS) is 11.9. The molecule has 0 aliphatic heterocycles. The summed E-state index contributed by atoms with van der Waals surface area (Å²) < 4.78 is 5.00. The molecule has 1 unspecified atom stereocenters. The first kappa shape index (κ1) is 16.8. The highest BCUT2D eigenvalue weighted by molar-refractivity contribution is 5.94. The molecule has 2 amide bonds. The number of amides is 2. The Hall–Kier alpha value is -2.28. The molecule has 0 bridgehead atoms. The van der Waals surface area contributed by atoms with Crippen LogP contribution < -0.4 is 15.4 Å². The third-order valence-electron chi connectivity index (χ3n) is 3.13. The molecule has 116 valence electrons. The highest BCUT2D eigenvalue weighted by Gasteiger charge is 2.12. The lowest BCUT2D eigenvalue weighted by molar-refractivity contribution is 0.0693. The van der Waals surface area contributed by atoms with E-state index in [0.717, 1.165) is 0 Å². The molecule has 1 aromatic rings. The van der Waals surface area contributed by atoms with E-state index < -0.39 is 5.97 Å². The van der Waals surface area contributed by atoms with E-state index in [1.165, 1.54) is 25.3 Å². The Bertz CT molecular complexity index is 517. The number of ether oxygens (including phenoxy) is 1. The predicted octanol–water partition coefficient (Wildman–Crippen LogP) is 1.46. The summed E-state index contributed by atoms with van der Waals surface area (Å²) in [5.74, 6) is -0.885. The van der Waals surface area contributed by atoms with Gasteiger partial charge in [-0.05, 0) is 33.2 Å². The zero-order chi connectivity index (χ0) is 16.0. The van der Waals surface area contributed by atoms with E-state index >= 15 is 0 Å². The molecule has 7 heteroatoms. The van der Waals surface area contributed by atoms with E-state index in [4.69, 9.17) is 9.84 Å². The van der Waals surface area contributed by atoms with Crippen LogP contribution >= 0.6 is 0 Å². The Balaban J connectivity index is 2.66. The molecule has 1 aromatic carbocycles. The average molecular weight is 295 g/mol. The third-order valence-corrected chi connectivity index (χ3v) is 3.13. The number of carbonyl (C=O) groups excluding carboxylic acids is 1. The van der Waals surface area contributed by atoms with E-state index in [1.54, 1.807) is 0 Å². The number of anilines is 1. The fourth-order valence-electron chi connectivity index (χ4n) is 1.54. The van der Waals surface area contributed by atoms with Gasteiger partial charge in [-0.2, -0.15) is 0 Å². The fraction of sp³-hybridized carbons (Fsp3) is 0.429. The van der Waals surface area contributed by atoms with Gasteiger partial charge in [-0.3, -0.25) is 0 Å².